The molecule has 0 unspecified atom stereocenters. The molecule has 0 atom stereocenters. The molecule has 2 aliphatic heterocycles. The molecule has 2 aromatic carbocycles. The van der Waals surface area contributed by atoms with Crippen LogP contribution in [0.2, 0.25) is 0 Å². The highest BCUT2D eigenvalue weighted by Crippen LogP contribution is 2.33. The Morgan fingerprint density at radius 1 is 1.04 bits per heavy atom. The SMILES string of the molecule is CC(C)COC(=O)c1[nH]c2ccc(F)cc2c1-c1cn(CC2CCN(CCN(N3CCC(Cc4ccccc4)CC3)[SH](=O)=O)CC2)nn1. The van der Waals surface area contributed by atoms with Crippen LogP contribution in [0, 0.1) is 23.6 Å². The number of halogens is 1. The molecular formula is C35H46FN7O4S. The Kier molecular flexibility index (Phi) is 11.2. The number of hydrogen-bond acceptors (Lipinski definition) is 8. The maximum absolute atomic E-state index is 14.2. The Morgan fingerprint density at radius 3 is 2.48 bits per heavy atom. The number of esters is 1. The van der Waals surface area contributed by atoms with Gasteiger partial charge in [0.2, 0.25) is 10.9 Å². The first kappa shape index (κ1) is 34.2. The molecule has 2 aliphatic rings. The van der Waals surface area contributed by atoms with Crippen LogP contribution in [0.4, 0.5) is 4.39 Å². The maximum atomic E-state index is 14.2. The molecule has 0 saturated carbocycles. The van der Waals surface area contributed by atoms with Crippen molar-refractivity contribution in [1.82, 2.24) is 34.3 Å². The van der Waals surface area contributed by atoms with Gasteiger partial charge in [-0.05, 0) is 86.7 Å². The second-order valence-electron chi connectivity index (χ2n) is 13.6. The van der Waals surface area contributed by atoms with Gasteiger partial charge in [0, 0.05) is 49.2 Å². The molecule has 0 radical (unpaired) electrons. The lowest BCUT2D eigenvalue weighted by Gasteiger charge is -2.38. The molecule has 0 amide bonds. The van der Waals surface area contributed by atoms with Crippen LogP contribution in [-0.2, 0) is 28.6 Å². The molecular weight excluding hydrogens is 633 g/mol. The minimum Gasteiger partial charge on any atom is -0.461 e. The van der Waals surface area contributed by atoms with E-state index < -0.39 is 22.7 Å². The summed E-state index contributed by atoms with van der Waals surface area (Å²) in [7, 11) is -2.69. The predicted octanol–water partition coefficient (Wildman–Crippen LogP) is 4.79. The van der Waals surface area contributed by atoms with E-state index >= 15 is 0 Å². The molecule has 0 aliphatic carbocycles. The van der Waals surface area contributed by atoms with Crippen molar-refractivity contribution in [2.45, 2.75) is 52.5 Å². The molecule has 4 aromatic rings. The molecule has 13 heteroatoms. The van der Waals surface area contributed by atoms with Gasteiger partial charge in [-0.3, -0.25) is 4.68 Å². The summed E-state index contributed by atoms with van der Waals surface area (Å²) in [5, 5.41) is 11.3. The third-order valence-corrected chi connectivity index (χ3v) is 10.4. The summed E-state index contributed by atoms with van der Waals surface area (Å²) in [4.78, 5) is 18.4. The molecule has 11 nitrogen and oxygen atoms in total. The zero-order valence-corrected chi connectivity index (χ0v) is 28.7. The molecule has 6 rings (SSSR count). The van der Waals surface area contributed by atoms with Gasteiger partial charge in [-0.25, -0.2) is 22.6 Å². The van der Waals surface area contributed by atoms with E-state index in [2.05, 4.69) is 44.5 Å². The number of carbonyl (C=O) groups excluding carboxylic acids is 1. The number of thiol groups is 1. The average Bonchev–Trinajstić information content (AvgIpc) is 3.69. The number of rotatable bonds is 13. The fourth-order valence-electron chi connectivity index (χ4n) is 6.92. The highest BCUT2D eigenvalue weighted by atomic mass is 32.2. The standard InChI is InChI=1S/C35H46FN7O4S/c1-25(2)24-47-35(44)34-33(30-21-29(36)8-9-31(30)37-34)32-23-41(39-38-32)22-28-10-14-40(15-11-28)18-19-43(48(45)46)42-16-12-27(13-17-42)20-26-6-4-3-5-7-26/h3-9,21,23,25,27-28,37,48H,10-20,22,24H2,1-2H3. The second-order valence-corrected chi connectivity index (χ2v) is 14.5. The number of fused-ring (bicyclic) bond motifs is 1. The summed E-state index contributed by atoms with van der Waals surface area (Å²) < 4.78 is 47.6. The van der Waals surface area contributed by atoms with E-state index in [9.17, 15) is 17.6 Å². The van der Waals surface area contributed by atoms with Gasteiger partial charge >= 0.3 is 5.97 Å². The van der Waals surface area contributed by atoms with Crippen LogP contribution in [0.5, 0.6) is 0 Å². The van der Waals surface area contributed by atoms with Crippen molar-refractivity contribution >= 4 is 27.8 Å². The highest BCUT2D eigenvalue weighted by Gasteiger charge is 2.28. The summed E-state index contributed by atoms with van der Waals surface area (Å²) in [6.07, 6.45) is 6.74. The van der Waals surface area contributed by atoms with Crippen molar-refractivity contribution in [2.75, 3.05) is 45.9 Å². The number of likely N-dealkylation sites (tertiary alicyclic amines) is 1. The Balaban J connectivity index is 1.01. The fraction of sp³-hybridized carbons (Fsp3) is 0.514. The van der Waals surface area contributed by atoms with Gasteiger partial charge in [-0.15, -0.1) is 9.51 Å². The lowest BCUT2D eigenvalue weighted by Crippen LogP contribution is -2.49. The zero-order valence-electron chi connectivity index (χ0n) is 27.8. The molecule has 1 N–H and O–H groups in total. The average molecular weight is 680 g/mol. The molecule has 2 saturated heterocycles. The minimum absolute atomic E-state index is 0.176. The first-order valence-electron chi connectivity index (χ1n) is 17.0. The van der Waals surface area contributed by atoms with E-state index in [-0.39, 0.29) is 18.2 Å². The smallest absolute Gasteiger partial charge is 0.355 e. The van der Waals surface area contributed by atoms with E-state index in [0.29, 0.717) is 53.6 Å². The molecule has 2 aromatic heterocycles. The summed E-state index contributed by atoms with van der Waals surface area (Å²) in [6.45, 7) is 9.30. The molecule has 258 valence electrons. The number of nitrogens with one attached hydrogen (secondary N) is 1. The van der Waals surface area contributed by atoms with Crippen molar-refractivity contribution in [2.24, 2.45) is 17.8 Å². The van der Waals surface area contributed by atoms with Crippen LogP contribution in [0.25, 0.3) is 22.2 Å². The number of benzene rings is 2. The molecule has 2 fully saturated rings. The van der Waals surface area contributed by atoms with Crippen molar-refractivity contribution < 1.29 is 22.3 Å². The van der Waals surface area contributed by atoms with E-state index in [1.807, 2.05) is 31.1 Å². The van der Waals surface area contributed by atoms with E-state index in [0.717, 1.165) is 58.3 Å². The lowest BCUT2D eigenvalue weighted by atomic mass is 9.91. The van der Waals surface area contributed by atoms with Crippen LogP contribution in [0.15, 0.2) is 54.7 Å². The number of carbonyl (C=O) groups is 1. The summed E-state index contributed by atoms with van der Waals surface area (Å²) in [5.74, 6) is 0.216. The maximum Gasteiger partial charge on any atom is 0.355 e. The normalized spacial score (nSPS) is 17.3. The van der Waals surface area contributed by atoms with Crippen molar-refractivity contribution in [3.63, 3.8) is 0 Å². The number of hydrogen-bond donors (Lipinski definition) is 2. The number of aromatic nitrogens is 4. The number of piperidine rings is 2. The molecule has 0 spiro atoms. The Hall–Kier alpha value is -3.65. The third-order valence-electron chi connectivity index (χ3n) is 9.55. The first-order valence-corrected chi connectivity index (χ1v) is 18.2. The Labute approximate surface area is 283 Å². The van der Waals surface area contributed by atoms with Gasteiger partial charge in [0.05, 0.1) is 12.8 Å². The quantitative estimate of drug-likeness (QED) is 0.153. The number of nitrogens with zero attached hydrogens (tertiary/aromatic N) is 6. The van der Waals surface area contributed by atoms with Crippen molar-refractivity contribution in [3.8, 4) is 11.3 Å². The van der Waals surface area contributed by atoms with E-state index in [1.165, 1.54) is 17.7 Å². The van der Waals surface area contributed by atoms with Gasteiger partial charge in [0.1, 0.15) is 17.2 Å². The number of H-pyrrole nitrogens is 1. The van der Waals surface area contributed by atoms with Crippen LogP contribution < -0.4 is 0 Å². The van der Waals surface area contributed by atoms with Crippen LogP contribution in [0.1, 0.15) is 55.6 Å². The third kappa shape index (κ3) is 8.49. The van der Waals surface area contributed by atoms with Crippen LogP contribution >= 0.6 is 0 Å². The van der Waals surface area contributed by atoms with Crippen molar-refractivity contribution in [1.29, 1.82) is 0 Å². The van der Waals surface area contributed by atoms with Gasteiger partial charge in [0.25, 0.3) is 0 Å². The highest BCUT2D eigenvalue weighted by molar-refractivity contribution is 7.69. The molecule has 0 bridgehead atoms. The Bertz CT molecular complexity index is 1730. The van der Waals surface area contributed by atoms with Crippen LogP contribution in [-0.4, -0.2) is 94.6 Å². The van der Waals surface area contributed by atoms with Crippen LogP contribution in [0.3, 0.4) is 0 Å². The molecule has 4 heterocycles. The van der Waals surface area contributed by atoms with Gasteiger partial charge in [-0.1, -0.05) is 49.4 Å². The second kappa shape index (κ2) is 15.7. The minimum atomic E-state index is -2.69. The van der Waals surface area contributed by atoms with E-state index in [1.54, 1.807) is 15.2 Å². The summed E-state index contributed by atoms with van der Waals surface area (Å²) in [6, 6.07) is 14.9. The van der Waals surface area contributed by atoms with E-state index in [4.69, 9.17) is 4.74 Å². The monoisotopic (exact) mass is 679 g/mol. The number of ether oxygens (including phenoxy) is 1. The zero-order chi connectivity index (χ0) is 33.6. The molecule has 48 heavy (non-hydrogen) atoms. The van der Waals surface area contributed by atoms with Gasteiger partial charge < -0.3 is 14.6 Å². The largest absolute Gasteiger partial charge is 0.461 e. The first-order chi connectivity index (χ1) is 23.2. The van der Waals surface area contributed by atoms with Crippen molar-refractivity contribution in [3.05, 3.63) is 71.8 Å². The summed E-state index contributed by atoms with van der Waals surface area (Å²) in [5.41, 5.74) is 3.17. The number of hydrazine groups is 1. The van der Waals surface area contributed by atoms with Gasteiger partial charge in [-0.2, -0.15) is 0 Å². The van der Waals surface area contributed by atoms with Gasteiger partial charge in [0.15, 0.2) is 0 Å². The lowest BCUT2D eigenvalue weighted by molar-refractivity contribution is 0.0174. The fourth-order valence-corrected chi connectivity index (χ4v) is 7.55. The topological polar surface area (TPSA) is 117 Å². The predicted molar refractivity (Wildman–Crippen MR) is 183 cm³/mol. The Morgan fingerprint density at radius 2 is 1.77 bits per heavy atom. The number of aromatic amines is 1. The summed E-state index contributed by atoms with van der Waals surface area (Å²) >= 11 is 0.